The number of nitrogens with one attached hydrogen (secondary N) is 2. The SMILES string of the molecule is Cc1ccc(NC(=O)C(=O)NC(C)c2ccccc2)c(O)c1. The van der Waals surface area contributed by atoms with Crippen LogP contribution in [0.15, 0.2) is 48.5 Å². The van der Waals surface area contributed by atoms with Gasteiger partial charge in [-0.2, -0.15) is 0 Å². The van der Waals surface area contributed by atoms with Gasteiger partial charge in [-0.1, -0.05) is 36.4 Å². The third-order valence-corrected chi connectivity index (χ3v) is 3.25. The fraction of sp³-hybridized carbons (Fsp3) is 0.176. The van der Waals surface area contributed by atoms with Crippen LogP contribution in [0.2, 0.25) is 0 Å². The Kier molecular flexibility index (Phi) is 4.78. The maximum atomic E-state index is 11.9. The molecular formula is C17H18N2O3. The number of benzene rings is 2. The summed E-state index contributed by atoms with van der Waals surface area (Å²) in [5, 5.41) is 14.7. The number of rotatable bonds is 3. The Balaban J connectivity index is 1.99. The van der Waals surface area contributed by atoms with E-state index >= 15 is 0 Å². The van der Waals surface area contributed by atoms with Gasteiger partial charge in [0.15, 0.2) is 0 Å². The first-order valence-electron chi connectivity index (χ1n) is 6.94. The molecule has 5 nitrogen and oxygen atoms in total. The fourth-order valence-corrected chi connectivity index (χ4v) is 2.01. The largest absolute Gasteiger partial charge is 0.506 e. The van der Waals surface area contributed by atoms with Crippen LogP contribution in [0.5, 0.6) is 5.75 Å². The number of phenols is 1. The second kappa shape index (κ2) is 6.76. The van der Waals surface area contributed by atoms with E-state index in [1.807, 2.05) is 37.3 Å². The molecule has 0 bridgehead atoms. The summed E-state index contributed by atoms with van der Waals surface area (Å²) in [5.74, 6) is -1.64. The van der Waals surface area contributed by atoms with Crippen LogP contribution in [0.1, 0.15) is 24.1 Å². The highest BCUT2D eigenvalue weighted by Gasteiger charge is 2.18. The molecular weight excluding hydrogens is 280 g/mol. The lowest BCUT2D eigenvalue weighted by molar-refractivity contribution is -0.136. The molecule has 22 heavy (non-hydrogen) atoms. The second-order valence-corrected chi connectivity index (χ2v) is 5.08. The summed E-state index contributed by atoms with van der Waals surface area (Å²) in [6.07, 6.45) is 0. The summed E-state index contributed by atoms with van der Waals surface area (Å²) in [6, 6.07) is 13.9. The molecule has 1 atom stereocenters. The Bertz CT molecular complexity index is 684. The molecule has 5 heteroatoms. The minimum Gasteiger partial charge on any atom is -0.506 e. The van der Waals surface area contributed by atoms with Crippen LogP contribution in [-0.4, -0.2) is 16.9 Å². The maximum absolute atomic E-state index is 11.9. The predicted molar refractivity (Wildman–Crippen MR) is 84.5 cm³/mol. The summed E-state index contributed by atoms with van der Waals surface area (Å²) in [5.41, 5.74) is 1.97. The zero-order chi connectivity index (χ0) is 16.1. The highest BCUT2D eigenvalue weighted by atomic mass is 16.3. The van der Waals surface area contributed by atoms with Crippen molar-refractivity contribution in [3.8, 4) is 5.75 Å². The Morgan fingerprint density at radius 2 is 1.73 bits per heavy atom. The molecule has 0 aliphatic rings. The van der Waals surface area contributed by atoms with Crippen molar-refractivity contribution in [1.82, 2.24) is 5.32 Å². The van der Waals surface area contributed by atoms with Gasteiger partial charge in [0.2, 0.25) is 0 Å². The van der Waals surface area contributed by atoms with E-state index in [-0.39, 0.29) is 17.5 Å². The molecule has 2 aromatic carbocycles. The number of amides is 2. The third-order valence-electron chi connectivity index (χ3n) is 3.25. The summed E-state index contributed by atoms with van der Waals surface area (Å²) < 4.78 is 0. The number of carbonyl (C=O) groups is 2. The van der Waals surface area contributed by atoms with Crippen molar-refractivity contribution in [2.45, 2.75) is 19.9 Å². The molecule has 0 saturated heterocycles. The number of carbonyl (C=O) groups excluding carboxylic acids is 2. The normalized spacial score (nSPS) is 11.5. The van der Waals surface area contributed by atoms with Gasteiger partial charge in [-0.05, 0) is 37.1 Å². The molecule has 0 heterocycles. The number of phenolic OH excluding ortho intramolecular Hbond substituents is 1. The van der Waals surface area contributed by atoms with Crippen LogP contribution in [0.3, 0.4) is 0 Å². The minimum atomic E-state index is -0.818. The van der Waals surface area contributed by atoms with E-state index < -0.39 is 11.8 Å². The summed E-state index contributed by atoms with van der Waals surface area (Å²) in [7, 11) is 0. The number of hydrogen-bond donors (Lipinski definition) is 3. The van der Waals surface area contributed by atoms with Crippen molar-refractivity contribution in [1.29, 1.82) is 0 Å². The molecule has 0 aromatic heterocycles. The van der Waals surface area contributed by atoms with Gasteiger partial charge in [-0.3, -0.25) is 9.59 Å². The average Bonchev–Trinajstić information content (AvgIpc) is 2.50. The van der Waals surface area contributed by atoms with E-state index in [0.29, 0.717) is 0 Å². The molecule has 0 aliphatic carbocycles. The lowest BCUT2D eigenvalue weighted by atomic mass is 10.1. The molecule has 3 N–H and O–H groups in total. The van der Waals surface area contributed by atoms with Crippen LogP contribution >= 0.6 is 0 Å². The quantitative estimate of drug-likeness (QED) is 0.602. The molecule has 0 spiro atoms. The molecule has 114 valence electrons. The monoisotopic (exact) mass is 298 g/mol. The van der Waals surface area contributed by atoms with Crippen molar-refractivity contribution in [2.24, 2.45) is 0 Å². The van der Waals surface area contributed by atoms with Gasteiger partial charge in [0, 0.05) is 0 Å². The summed E-state index contributed by atoms with van der Waals surface area (Å²) in [6.45, 7) is 3.61. The topological polar surface area (TPSA) is 78.4 Å². The number of hydrogen-bond acceptors (Lipinski definition) is 3. The van der Waals surface area contributed by atoms with Crippen LogP contribution in [0.4, 0.5) is 5.69 Å². The maximum Gasteiger partial charge on any atom is 0.313 e. The molecule has 2 aromatic rings. The van der Waals surface area contributed by atoms with Crippen molar-refractivity contribution < 1.29 is 14.7 Å². The van der Waals surface area contributed by atoms with Gasteiger partial charge in [0.05, 0.1) is 11.7 Å². The first-order chi connectivity index (χ1) is 10.5. The highest BCUT2D eigenvalue weighted by molar-refractivity contribution is 6.39. The molecule has 0 radical (unpaired) electrons. The van der Waals surface area contributed by atoms with E-state index in [9.17, 15) is 14.7 Å². The highest BCUT2D eigenvalue weighted by Crippen LogP contribution is 2.23. The standard InChI is InChI=1S/C17H18N2O3/c1-11-8-9-14(15(20)10-11)19-17(22)16(21)18-12(2)13-6-4-3-5-7-13/h3-10,12,20H,1-2H3,(H,18,21)(H,19,22). The third kappa shape index (κ3) is 3.85. The van der Waals surface area contributed by atoms with Crippen LogP contribution in [0, 0.1) is 6.92 Å². The van der Waals surface area contributed by atoms with Gasteiger partial charge in [0.1, 0.15) is 5.75 Å². The Morgan fingerprint density at radius 1 is 1.05 bits per heavy atom. The first kappa shape index (κ1) is 15.6. The van der Waals surface area contributed by atoms with Crippen molar-refractivity contribution in [3.63, 3.8) is 0 Å². The van der Waals surface area contributed by atoms with E-state index in [1.54, 1.807) is 19.1 Å². The Labute approximate surface area is 129 Å². The first-order valence-corrected chi connectivity index (χ1v) is 6.94. The van der Waals surface area contributed by atoms with Crippen LogP contribution < -0.4 is 10.6 Å². The summed E-state index contributed by atoms with van der Waals surface area (Å²) >= 11 is 0. The van der Waals surface area contributed by atoms with Crippen LogP contribution in [0.25, 0.3) is 0 Å². The Morgan fingerprint density at radius 3 is 2.36 bits per heavy atom. The van der Waals surface area contributed by atoms with Gasteiger partial charge in [0.25, 0.3) is 0 Å². The molecule has 0 fully saturated rings. The van der Waals surface area contributed by atoms with Gasteiger partial charge >= 0.3 is 11.8 Å². The van der Waals surface area contributed by atoms with Gasteiger partial charge < -0.3 is 15.7 Å². The van der Waals surface area contributed by atoms with Crippen molar-refractivity contribution in [3.05, 3.63) is 59.7 Å². The average molecular weight is 298 g/mol. The van der Waals surface area contributed by atoms with E-state index in [1.165, 1.54) is 6.07 Å². The predicted octanol–water partition coefficient (Wildman–Crippen LogP) is 2.52. The molecule has 0 aliphatic heterocycles. The molecule has 2 rings (SSSR count). The fourth-order valence-electron chi connectivity index (χ4n) is 2.01. The van der Waals surface area contributed by atoms with Gasteiger partial charge in [-0.25, -0.2) is 0 Å². The lowest BCUT2D eigenvalue weighted by Crippen LogP contribution is -2.36. The van der Waals surface area contributed by atoms with E-state index in [0.717, 1.165) is 11.1 Å². The van der Waals surface area contributed by atoms with E-state index in [2.05, 4.69) is 10.6 Å². The summed E-state index contributed by atoms with van der Waals surface area (Å²) in [4.78, 5) is 23.8. The molecule has 0 saturated carbocycles. The Hall–Kier alpha value is -2.82. The minimum absolute atomic E-state index is 0.0720. The zero-order valence-electron chi connectivity index (χ0n) is 12.5. The van der Waals surface area contributed by atoms with Crippen molar-refractivity contribution in [2.75, 3.05) is 5.32 Å². The van der Waals surface area contributed by atoms with Gasteiger partial charge in [-0.15, -0.1) is 0 Å². The number of anilines is 1. The molecule has 1 unspecified atom stereocenters. The zero-order valence-corrected chi connectivity index (χ0v) is 12.5. The number of aromatic hydroxyl groups is 1. The molecule has 2 amide bonds. The lowest BCUT2D eigenvalue weighted by Gasteiger charge is -2.14. The number of aryl methyl sites for hydroxylation is 1. The van der Waals surface area contributed by atoms with Crippen molar-refractivity contribution >= 4 is 17.5 Å². The smallest absolute Gasteiger partial charge is 0.313 e. The second-order valence-electron chi connectivity index (χ2n) is 5.08. The van der Waals surface area contributed by atoms with Crippen LogP contribution in [-0.2, 0) is 9.59 Å². The van der Waals surface area contributed by atoms with E-state index in [4.69, 9.17) is 0 Å².